The number of alkyl halides is 1. The Balaban J connectivity index is 2.15. The smallest absolute Gasteiger partial charge is 0.253 e. The van der Waals surface area contributed by atoms with Gasteiger partial charge in [0, 0.05) is 23.5 Å². The van der Waals surface area contributed by atoms with Gasteiger partial charge in [-0.2, -0.15) is 0 Å². The lowest BCUT2D eigenvalue weighted by molar-refractivity contribution is 0.0705. The van der Waals surface area contributed by atoms with Gasteiger partial charge in [0.15, 0.2) is 0 Å². The number of phenolic OH excluding ortho intramolecular Hbond substituents is 1. The highest BCUT2D eigenvalue weighted by atomic mass is 79.9. The molecule has 1 N–H and O–H groups in total. The maximum Gasteiger partial charge on any atom is 0.253 e. The van der Waals surface area contributed by atoms with Gasteiger partial charge in [0.2, 0.25) is 0 Å². The zero-order valence-corrected chi connectivity index (χ0v) is 13.1. The van der Waals surface area contributed by atoms with E-state index in [9.17, 15) is 9.90 Å². The van der Waals surface area contributed by atoms with Gasteiger partial charge in [0.05, 0.1) is 5.02 Å². The highest BCUT2D eigenvalue weighted by molar-refractivity contribution is 9.09. The number of amides is 1. The number of phenols is 1. The van der Waals surface area contributed by atoms with Crippen LogP contribution in [0.1, 0.15) is 36.0 Å². The van der Waals surface area contributed by atoms with E-state index in [0.29, 0.717) is 10.4 Å². The maximum absolute atomic E-state index is 12.4. The summed E-state index contributed by atoms with van der Waals surface area (Å²) in [5.74, 6) is -0.0600. The summed E-state index contributed by atoms with van der Waals surface area (Å²) in [5, 5.41) is 9.60. The van der Waals surface area contributed by atoms with E-state index in [-0.39, 0.29) is 22.7 Å². The van der Waals surface area contributed by atoms with Crippen molar-refractivity contribution in [3.8, 4) is 5.75 Å². The zero-order valence-electron chi connectivity index (χ0n) is 10.8. The van der Waals surface area contributed by atoms with E-state index >= 15 is 0 Å². The molecule has 0 saturated heterocycles. The summed E-state index contributed by atoms with van der Waals surface area (Å²) in [6, 6.07) is 4.79. The molecule has 1 aromatic rings. The first-order valence-corrected chi connectivity index (χ1v) is 7.70. The molecule has 1 amide bonds. The van der Waals surface area contributed by atoms with Crippen LogP contribution in [0.2, 0.25) is 5.02 Å². The van der Waals surface area contributed by atoms with E-state index < -0.39 is 0 Å². The summed E-state index contributed by atoms with van der Waals surface area (Å²) in [5.41, 5.74) is 0.510. The van der Waals surface area contributed by atoms with Crippen molar-refractivity contribution >= 4 is 33.4 Å². The molecule has 19 heavy (non-hydrogen) atoms. The van der Waals surface area contributed by atoms with Gasteiger partial charge in [-0.05, 0) is 31.0 Å². The van der Waals surface area contributed by atoms with Gasteiger partial charge in [-0.15, -0.1) is 0 Å². The Labute approximate surface area is 126 Å². The quantitative estimate of drug-likeness (QED) is 0.827. The van der Waals surface area contributed by atoms with Gasteiger partial charge in [-0.1, -0.05) is 40.4 Å². The Morgan fingerprint density at radius 2 is 2.11 bits per heavy atom. The minimum atomic E-state index is -0.0572. The van der Waals surface area contributed by atoms with Crippen LogP contribution in [0.5, 0.6) is 5.75 Å². The third kappa shape index (κ3) is 3.23. The predicted molar refractivity (Wildman–Crippen MR) is 80.2 cm³/mol. The highest BCUT2D eigenvalue weighted by Gasteiger charge is 2.29. The zero-order chi connectivity index (χ0) is 14.0. The molecule has 0 aliphatic heterocycles. The van der Waals surface area contributed by atoms with Crippen LogP contribution in [0.25, 0.3) is 0 Å². The number of carbonyl (C=O) groups is 1. The van der Waals surface area contributed by atoms with Crippen molar-refractivity contribution in [3.05, 3.63) is 28.8 Å². The molecule has 1 aromatic carbocycles. The molecule has 3 nitrogen and oxygen atoms in total. The van der Waals surface area contributed by atoms with Crippen molar-refractivity contribution in [2.75, 3.05) is 7.05 Å². The van der Waals surface area contributed by atoms with Gasteiger partial charge < -0.3 is 10.0 Å². The average molecular weight is 347 g/mol. The largest absolute Gasteiger partial charge is 0.506 e. The fraction of sp³-hybridized carbons (Fsp3) is 0.500. The molecule has 1 fully saturated rings. The van der Waals surface area contributed by atoms with Crippen molar-refractivity contribution in [1.82, 2.24) is 4.90 Å². The third-order valence-electron chi connectivity index (χ3n) is 3.66. The minimum Gasteiger partial charge on any atom is -0.506 e. The fourth-order valence-electron chi connectivity index (χ4n) is 2.50. The van der Waals surface area contributed by atoms with Crippen LogP contribution in [-0.4, -0.2) is 33.8 Å². The van der Waals surface area contributed by atoms with Gasteiger partial charge >= 0.3 is 0 Å². The van der Waals surface area contributed by atoms with E-state index in [1.165, 1.54) is 18.6 Å². The highest BCUT2D eigenvalue weighted by Crippen LogP contribution is 2.30. The van der Waals surface area contributed by atoms with E-state index in [1.54, 1.807) is 11.0 Å². The van der Waals surface area contributed by atoms with E-state index in [1.807, 2.05) is 7.05 Å². The van der Waals surface area contributed by atoms with Crippen molar-refractivity contribution in [2.24, 2.45) is 0 Å². The number of nitrogens with zero attached hydrogens (tertiary/aromatic N) is 1. The molecule has 1 aliphatic rings. The van der Waals surface area contributed by atoms with Crippen LogP contribution < -0.4 is 0 Å². The van der Waals surface area contributed by atoms with E-state index in [2.05, 4.69) is 15.9 Å². The number of carbonyl (C=O) groups excluding carboxylic acids is 1. The van der Waals surface area contributed by atoms with Crippen LogP contribution in [0.3, 0.4) is 0 Å². The Kier molecular flexibility index (Phi) is 4.74. The summed E-state index contributed by atoms with van der Waals surface area (Å²) in [7, 11) is 1.83. The Hall–Kier alpha value is -0.740. The lowest BCUT2D eigenvalue weighted by Crippen LogP contribution is -2.44. The van der Waals surface area contributed by atoms with Crippen molar-refractivity contribution in [2.45, 2.75) is 36.6 Å². The number of aromatic hydroxyl groups is 1. The molecule has 0 aromatic heterocycles. The minimum absolute atomic E-state index is 0.00287. The molecule has 2 atom stereocenters. The Bertz CT molecular complexity index is 481. The van der Waals surface area contributed by atoms with Crippen molar-refractivity contribution in [3.63, 3.8) is 0 Å². The second kappa shape index (κ2) is 6.14. The molecule has 0 bridgehead atoms. The predicted octanol–water partition coefficient (Wildman–Crippen LogP) is 3.82. The van der Waals surface area contributed by atoms with Crippen LogP contribution in [0.15, 0.2) is 18.2 Å². The molecule has 5 heteroatoms. The molecule has 0 spiro atoms. The lowest BCUT2D eigenvalue weighted by atomic mass is 9.94. The topological polar surface area (TPSA) is 40.5 Å². The molecule has 2 rings (SSSR count). The maximum atomic E-state index is 12.4. The van der Waals surface area contributed by atoms with Crippen molar-refractivity contribution < 1.29 is 9.90 Å². The molecule has 0 radical (unpaired) electrons. The first-order chi connectivity index (χ1) is 9.00. The average Bonchev–Trinajstić information content (AvgIpc) is 2.41. The SMILES string of the molecule is CN(C(=O)c1ccc(O)c(Cl)c1)C1CCCCC1Br. The molecule has 1 aliphatic carbocycles. The molecular formula is C14H17BrClNO2. The summed E-state index contributed by atoms with van der Waals surface area (Å²) < 4.78 is 0. The summed E-state index contributed by atoms with van der Waals surface area (Å²) in [6.07, 6.45) is 4.47. The first-order valence-electron chi connectivity index (χ1n) is 6.40. The molecule has 104 valence electrons. The molecule has 1 saturated carbocycles. The van der Waals surface area contributed by atoms with Crippen molar-refractivity contribution in [1.29, 1.82) is 0 Å². The van der Waals surface area contributed by atoms with Crippen LogP contribution in [0.4, 0.5) is 0 Å². The third-order valence-corrected chi connectivity index (χ3v) is 5.03. The van der Waals surface area contributed by atoms with Gasteiger partial charge in [0.1, 0.15) is 5.75 Å². The second-order valence-electron chi connectivity index (χ2n) is 4.95. The monoisotopic (exact) mass is 345 g/mol. The normalized spacial score (nSPS) is 23.1. The number of hydrogen-bond acceptors (Lipinski definition) is 2. The van der Waals surface area contributed by atoms with Gasteiger partial charge in [-0.3, -0.25) is 4.79 Å². The number of hydrogen-bond donors (Lipinski definition) is 1. The second-order valence-corrected chi connectivity index (χ2v) is 6.53. The van der Waals surface area contributed by atoms with Crippen LogP contribution >= 0.6 is 27.5 Å². The fourth-order valence-corrected chi connectivity index (χ4v) is 3.62. The summed E-state index contributed by atoms with van der Waals surface area (Å²) in [6.45, 7) is 0. The Morgan fingerprint density at radius 3 is 2.74 bits per heavy atom. The molecule has 0 heterocycles. The number of halogens is 2. The van der Waals surface area contributed by atoms with Gasteiger partial charge in [0.25, 0.3) is 5.91 Å². The van der Waals surface area contributed by atoms with E-state index in [4.69, 9.17) is 11.6 Å². The number of benzene rings is 1. The standard InChI is InChI=1S/C14H17BrClNO2/c1-17(12-5-3-2-4-10(12)15)14(19)9-6-7-13(18)11(16)8-9/h6-8,10,12,18H,2-5H2,1H3. The molecule has 2 unspecified atom stereocenters. The van der Waals surface area contributed by atoms with E-state index in [0.717, 1.165) is 19.3 Å². The molecular weight excluding hydrogens is 330 g/mol. The lowest BCUT2D eigenvalue weighted by Gasteiger charge is -2.35. The summed E-state index contributed by atoms with van der Waals surface area (Å²) >= 11 is 9.51. The Morgan fingerprint density at radius 1 is 1.42 bits per heavy atom. The first kappa shape index (κ1) is 14.7. The van der Waals surface area contributed by atoms with Crippen LogP contribution in [0, 0.1) is 0 Å². The van der Waals surface area contributed by atoms with Gasteiger partial charge in [-0.25, -0.2) is 0 Å². The number of rotatable bonds is 2. The summed E-state index contributed by atoms with van der Waals surface area (Å²) in [4.78, 5) is 14.5. The van der Waals surface area contributed by atoms with Crippen LogP contribution in [-0.2, 0) is 0 Å².